The van der Waals surface area contributed by atoms with Crippen LogP contribution in [0.25, 0.3) is 44.5 Å². The second kappa shape index (κ2) is 17.7. The third kappa shape index (κ3) is 8.49. The van der Waals surface area contributed by atoms with Crippen molar-refractivity contribution in [3.05, 3.63) is 260 Å². The largest absolute Gasteiger partial charge is 0.311 e. The maximum atomic E-state index is 2.42. The third-order valence-electron chi connectivity index (χ3n) is 12.6. The quantitative estimate of drug-likeness (QED) is 0.128. The molecule has 0 heterocycles. The molecule has 0 amide bonds. The summed E-state index contributed by atoms with van der Waals surface area (Å²) in [7, 11) is 0. The molecule has 0 saturated carbocycles. The van der Waals surface area contributed by atoms with Gasteiger partial charge in [-0.05, 0) is 131 Å². The van der Waals surface area contributed by atoms with Gasteiger partial charge in [-0.3, -0.25) is 0 Å². The van der Waals surface area contributed by atoms with Gasteiger partial charge in [0.1, 0.15) is 0 Å². The van der Waals surface area contributed by atoms with Crippen LogP contribution in [0.3, 0.4) is 0 Å². The molecule has 0 aromatic heterocycles. The highest BCUT2D eigenvalue weighted by Gasteiger charge is 2.29. The van der Waals surface area contributed by atoms with E-state index < -0.39 is 0 Å². The van der Waals surface area contributed by atoms with Crippen LogP contribution < -0.4 is 9.80 Å². The van der Waals surface area contributed by atoms with Crippen LogP contribution in [0.15, 0.2) is 260 Å². The molecule has 304 valence electrons. The fourth-order valence-corrected chi connectivity index (χ4v) is 9.01. The highest BCUT2D eigenvalue weighted by Crippen LogP contribution is 2.44. The molecule has 0 bridgehead atoms. The van der Waals surface area contributed by atoms with Crippen LogP contribution in [0, 0.1) is 5.41 Å². The average Bonchev–Trinajstić information content (AvgIpc) is 3.37. The lowest BCUT2D eigenvalue weighted by atomic mass is 9.73. The van der Waals surface area contributed by atoms with Crippen molar-refractivity contribution in [1.29, 1.82) is 0 Å². The molecule has 0 spiro atoms. The standard InChI is InChI=1S/C61H50N2/c1-61(54-20-12-5-13-21-54)44-42-60(43-45-61)63(58-36-26-51(27-37-58)48-18-10-4-11-19-48)59-40-30-53(31-41-59)52-28-38-57(39-29-52)62(55-32-22-49(23-33-55)46-14-6-2-7-15-46)56-34-24-50(25-35-56)47-16-8-3-9-17-47/h2-12,14-20,22-44H,13,21,45H2,1H3. The van der Waals surface area contributed by atoms with E-state index in [1.165, 1.54) is 55.8 Å². The lowest BCUT2D eigenvalue weighted by Crippen LogP contribution is -2.23. The van der Waals surface area contributed by atoms with E-state index in [0.29, 0.717) is 0 Å². The smallest absolute Gasteiger partial charge is 0.0462 e. The van der Waals surface area contributed by atoms with E-state index in [2.05, 4.69) is 266 Å². The van der Waals surface area contributed by atoms with Crippen molar-refractivity contribution < 1.29 is 0 Å². The molecule has 2 nitrogen and oxygen atoms in total. The Labute approximate surface area is 372 Å². The molecule has 0 N–H and O–H groups in total. The first-order valence-electron chi connectivity index (χ1n) is 22.1. The molecule has 10 rings (SSSR count). The van der Waals surface area contributed by atoms with Crippen molar-refractivity contribution >= 4 is 28.4 Å². The molecule has 2 heteroatoms. The van der Waals surface area contributed by atoms with Gasteiger partial charge < -0.3 is 9.80 Å². The summed E-state index contributed by atoms with van der Waals surface area (Å²) in [5.74, 6) is 0. The van der Waals surface area contributed by atoms with Gasteiger partial charge >= 0.3 is 0 Å². The first kappa shape index (κ1) is 39.5. The molecular weight excluding hydrogens is 761 g/mol. The Balaban J connectivity index is 0.951. The molecule has 2 aliphatic carbocycles. The first-order chi connectivity index (χ1) is 31.1. The SMILES string of the molecule is CC1(C2=CC=CCC2)C=CC(N(c2ccc(-c3ccccc3)cc2)c2ccc(-c3ccc(N(c4ccc(-c5ccccc5)cc4)c4ccc(-c5ccccc5)cc4)cc3)cc2)=CC1. The minimum Gasteiger partial charge on any atom is -0.311 e. The first-order valence-corrected chi connectivity index (χ1v) is 22.1. The van der Waals surface area contributed by atoms with Crippen molar-refractivity contribution in [2.24, 2.45) is 5.41 Å². The second-order valence-electron chi connectivity index (χ2n) is 16.7. The Morgan fingerprint density at radius 1 is 0.381 bits per heavy atom. The normalized spacial score (nSPS) is 15.6. The lowest BCUT2D eigenvalue weighted by molar-refractivity contribution is 0.492. The summed E-state index contributed by atoms with van der Waals surface area (Å²) in [5, 5.41) is 0. The minimum atomic E-state index is 0.0277. The molecule has 0 radical (unpaired) electrons. The summed E-state index contributed by atoms with van der Waals surface area (Å²) in [6.07, 6.45) is 17.2. The van der Waals surface area contributed by atoms with Gasteiger partial charge in [0.15, 0.2) is 0 Å². The van der Waals surface area contributed by atoms with Crippen LogP contribution in [-0.4, -0.2) is 0 Å². The van der Waals surface area contributed by atoms with Gasteiger partial charge in [0.05, 0.1) is 0 Å². The molecular formula is C61H50N2. The predicted octanol–water partition coefficient (Wildman–Crippen LogP) is 17.1. The number of hydrogen-bond donors (Lipinski definition) is 0. The van der Waals surface area contributed by atoms with Crippen molar-refractivity contribution in [2.75, 3.05) is 9.80 Å². The van der Waals surface area contributed by atoms with Gasteiger partial charge in [0.25, 0.3) is 0 Å². The van der Waals surface area contributed by atoms with Gasteiger partial charge in [-0.1, -0.05) is 195 Å². The Morgan fingerprint density at radius 3 is 1.02 bits per heavy atom. The summed E-state index contributed by atoms with van der Waals surface area (Å²) >= 11 is 0. The molecule has 2 aliphatic rings. The van der Waals surface area contributed by atoms with Gasteiger partial charge in [0.2, 0.25) is 0 Å². The number of anilines is 5. The Morgan fingerprint density at radius 2 is 0.714 bits per heavy atom. The van der Waals surface area contributed by atoms with Crippen molar-refractivity contribution in [1.82, 2.24) is 0 Å². The third-order valence-corrected chi connectivity index (χ3v) is 12.6. The molecule has 0 fully saturated rings. The highest BCUT2D eigenvalue weighted by molar-refractivity contribution is 5.82. The fourth-order valence-electron chi connectivity index (χ4n) is 9.01. The summed E-state index contributed by atoms with van der Waals surface area (Å²) < 4.78 is 0. The van der Waals surface area contributed by atoms with Gasteiger partial charge in [-0.2, -0.15) is 0 Å². The predicted molar refractivity (Wildman–Crippen MR) is 268 cm³/mol. The van der Waals surface area contributed by atoms with E-state index in [1.807, 2.05) is 0 Å². The second-order valence-corrected chi connectivity index (χ2v) is 16.7. The van der Waals surface area contributed by atoms with Crippen LogP contribution in [0.1, 0.15) is 26.2 Å². The van der Waals surface area contributed by atoms with Crippen LogP contribution in [0.5, 0.6) is 0 Å². The van der Waals surface area contributed by atoms with Crippen molar-refractivity contribution in [2.45, 2.75) is 26.2 Å². The summed E-state index contributed by atoms with van der Waals surface area (Å²) in [6, 6.07) is 76.5. The molecule has 8 aromatic carbocycles. The lowest BCUT2D eigenvalue weighted by Gasteiger charge is -2.35. The number of hydrogen-bond acceptors (Lipinski definition) is 2. The van der Waals surface area contributed by atoms with E-state index in [-0.39, 0.29) is 5.41 Å². The molecule has 0 saturated heterocycles. The van der Waals surface area contributed by atoms with Crippen LogP contribution in [0.2, 0.25) is 0 Å². The number of nitrogens with zero attached hydrogens (tertiary/aromatic N) is 2. The van der Waals surface area contributed by atoms with E-state index in [1.54, 1.807) is 0 Å². The van der Waals surface area contributed by atoms with Crippen molar-refractivity contribution in [3.8, 4) is 44.5 Å². The zero-order valence-corrected chi connectivity index (χ0v) is 35.7. The van der Waals surface area contributed by atoms with E-state index >= 15 is 0 Å². The zero-order chi connectivity index (χ0) is 42.4. The Bertz CT molecular complexity index is 2820. The monoisotopic (exact) mass is 810 g/mol. The van der Waals surface area contributed by atoms with E-state index in [4.69, 9.17) is 0 Å². The van der Waals surface area contributed by atoms with Gasteiger partial charge in [-0.25, -0.2) is 0 Å². The topological polar surface area (TPSA) is 6.48 Å². The summed E-state index contributed by atoms with van der Waals surface area (Å²) in [4.78, 5) is 4.74. The molecule has 1 unspecified atom stereocenters. The Hall–Kier alpha value is -7.68. The van der Waals surface area contributed by atoms with E-state index in [9.17, 15) is 0 Å². The molecule has 0 aliphatic heterocycles. The van der Waals surface area contributed by atoms with Crippen LogP contribution >= 0.6 is 0 Å². The minimum absolute atomic E-state index is 0.0277. The maximum absolute atomic E-state index is 2.42. The fraction of sp³-hybridized carbons (Fsp3) is 0.0820. The van der Waals surface area contributed by atoms with Crippen LogP contribution in [-0.2, 0) is 0 Å². The maximum Gasteiger partial charge on any atom is 0.0462 e. The zero-order valence-electron chi connectivity index (χ0n) is 35.7. The molecule has 63 heavy (non-hydrogen) atoms. The molecule has 8 aromatic rings. The van der Waals surface area contributed by atoms with Gasteiger partial charge in [0, 0.05) is 39.5 Å². The van der Waals surface area contributed by atoms with Crippen molar-refractivity contribution in [3.63, 3.8) is 0 Å². The van der Waals surface area contributed by atoms with E-state index in [0.717, 1.165) is 47.7 Å². The Kier molecular flexibility index (Phi) is 11.1. The van der Waals surface area contributed by atoms with Gasteiger partial charge in [-0.15, -0.1) is 0 Å². The molecule has 1 atom stereocenters. The van der Waals surface area contributed by atoms with Crippen LogP contribution in [0.4, 0.5) is 28.4 Å². The number of rotatable bonds is 11. The number of allylic oxidation sites excluding steroid dienone is 7. The summed E-state index contributed by atoms with van der Waals surface area (Å²) in [6.45, 7) is 2.38. The highest BCUT2D eigenvalue weighted by atomic mass is 15.1. The summed E-state index contributed by atoms with van der Waals surface area (Å²) in [5.41, 5.74) is 17.9. The average molecular weight is 811 g/mol. The number of benzene rings is 8.